The third-order valence-electron chi connectivity index (χ3n) is 10.2. The van der Waals surface area contributed by atoms with Gasteiger partial charge in [-0.2, -0.15) is 19.4 Å². The number of hydrogen-bond donors (Lipinski definition) is 3. The van der Waals surface area contributed by atoms with E-state index in [1.54, 1.807) is 37.3 Å². The number of nitrogens with zero attached hydrogens (tertiary/aromatic N) is 4. The molecule has 15 heteroatoms. The molecule has 0 amide bonds. The van der Waals surface area contributed by atoms with E-state index in [1.165, 1.54) is 23.7 Å². The first-order chi connectivity index (χ1) is 27.0. The van der Waals surface area contributed by atoms with Crippen molar-refractivity contribution in [1.82, 2.24) is 24.6 Å². The molecule has 13 nitrogen and oxygen atoms in total. The summed E-state index contributed by atoms with van der Waals surface area (Å²) in [7, 11) is -4.40. The third-order valence-corrected chi connectivity index (χ3v) is 11.7. The molecule has 1 aliphatic heterocycles. The van der Waals surface area contributed by atoms with Crippen molar-refractivity contribution in [1.29, 1.82) is 0 Å². The lowest BCUT2D eigenvalue weighted by molar-refractivity contribution is -0.152. The number of ether oxygens (including phenoxy) is 2. The van der Waals surface area contributed by atoms with E-state index in [1.807, 2.05) is 30.3 Å². The Morgan fingerprint density at radius 1 is 1.00 bits per heavy atom. The monoisotopic (exact) mass is 796 g/mol. The number of benzene rings is 2. The van der Waals surface area contributed by atoms with Crippen LogP contribution in [0.3, 0.4) is 0 Å². The first kappa shape index (κ1) is 43.2. The second-order valence-corrected chi connectivity index (χ2v) is 16.5. The lowest BCUT2D eigenvalue weighted by atomic mass is 10.0. The number of halogens is 1. The van der Waals surface area contributed by atoms with Crippen LogP contribution in [0.25, 0.3) is 11.2 Å². The highest BCUT2D eigenvalue weighted by atomic mass is 31.2. The van der Waals surface area contributed by atoms with Gasteiger partial charge in [0.05, 0.1) is 19.0 Å². The Morgan fingerprint density at radius 3 is 2.27 bits per heavy atom. The number of hydrogen-bond acceptors (Lipinski definition) is 11. The molecule has 5 atom stereocenters. The average Bonchev–Trinajstić information content (AvgIpc) is 3.74. The van der Waals surface area contributed by atoms with Gasteiger partial charge in [-0.15, -0.1) is 0 Å². The first-order valence-electron chi connectivity index (χ1n) is 20.0. The van der Waals surface area contributed by atoms with Crippen LogP contribution >= 0.6 is 7.75 Å². The molecule has 1 aliphatic rings. The lowest BCUT2D eigenvalue weighted by Gasteiger charge is -2.31. The Morgan fingerprint density at radius 2 is 1.62 bits per heavy atom. The molecular weight excluding hydrogens is 738 g/mol. The zero-order valence-electron chi connectivity index (χ0n) is 32.9. The van der Waals surface area contributed by atoms with Crippen molar-refractivity contribution in [3.05, 3.63) is 78.6 Å². The molecule has 4 N–H and O–H groups in total. The van der Waals surface area contributed by atoms with E-state index >= 15 is 0 Å². The number of aliphatic hydroxyl groups is 1. The van der Waals surface area contributed by atoms with Crippen LogP contribution in [0.2, 0.25) is 0 Å². The molecule has 56 heavy (non-hydrogen) atoms. The molecule has 0 unspecified atom stereocenters. The Bertz CT molecular complexity index is 1840. The van der Waals surface area contributed by atoms with Crippen LogP contribution in [0.4, 0.5) is 10.2 Å². The second kappa shape index (κ2) is 21.0. The maximum Gasteiger partial charge on any atom is 0.459 e. The number of unbranched alkanes of at least 4 members (excludes halogenated alkanes) is 8. The van der Waals surface area contributed by atoms with Crippen molar-refractivity contribution in [2.75, 3.05) is 12.3 Å². The Kier molecular flexibility index (Phi) is 16.2. The maximum absolute atomic E-state index is 14.9. The number of carbonyl (C=O) groups excluding carboxylic acids is 1. The van der Waals surface area contributed by atoms with Gasteiger partial charge >= 0.3 is 19.8 Å². The number of carbonyl (C=O) groups is 1. The van der Waals surface area contributed by atoms with E-state index in [0.717, 1.165) is 69.8 Å². The number of rotatable bonds is 24. The highest BCUT2D eigenvalue weighted by Crippen LogP contribution is 2.48. The molecule has 0 spiro atoms. The summed E-state index contributed by atoms with van der Waals surface area (Å²) in [6, 6.07) is 16.8. The van der Waals surface area contributed by atoms with Gasteiger partial charge in [-0.1, -0.05) is 114 Å². The smallest absolute Gasteiger partial charge is 0.459 e. The fraction of sp³-hybridized carbons (Fsp3) is 0.561. The Hall–Kier alpha value is -3.94. The van der Waals surface area contributed by atoms with Crippen LogP contribution in [0.15, 0.2) is 67.0 Å². The Labute approximate surface area is 329 Å². The van der Waals surface area contributed by atoms with Gasteiger partial charge in [0.25, 0.3) is 0 Å². The summed E-state index contributed by atoms with van der Waals surface area (Å²) in [6.07, 6.45) is 10.8. The highest BCUT2D eigenvalue weighted by molar-refractivity contribution is 7.52. The number of nitrogens with two attached hydrogens (primary N) is 1. The van der Waals surface area contributed by atoms with Gasteiger partial charge < -0.3 is 24.8 Å². The van der Waals surface area contributed by atoms with Crippen LogP contribution in [0.5, 0.6) is 5.75 Å². The van der Waals surface area contributed by atoms with Crippen LogP contribution in [-0.4, -0.2) is 61.1 Å². The zero-order chi connectivity index (χ0) is 40.0. The predicted octanol–water partition coefficient (Wildman–Crippen LogP) is 8.62. The van der Waals surface area contributed by atoms with Crippen molar-refractivity contribution in [2.24, 2.45) is 0 Å². The summed E-state index contributed by atoms with van der Waals surface area (Å²) in [6.45, 7) is 5.56. The molecule has 0 aliphatic carbocycles. The van der Waals surface area contributed by atoms with E-state index in [0.29, 0.717) is 0 Å². The SMILES string of the molecule is CCCCCCCC(CCCCCCC)OC(=O)[C@H](Cc1ccccc1)N[P@@](=O)(OC[C@@]1(C)O[C@@H](n2cnc3c(N)nc(F)nc32)C[C@@H]1O)Oc1ccccc1. The topological polar surface area (TPSA) is 173 Å². The van der Waals surface area contributed by atoms with Crippen molar-refractivity contribution in [3.8, 4) is 5.75 Å². The van der Waals surface area contributed by atoms with Crippen molar-refractivity contribution in [2.45, 2.75) is 141 Å². The quantitative estimate of drug-likeness (QED) is 0.0267. The number of anilines is 1. The van der Waals surface area contributed by atoms with Crippen molar-refractivity contribution < 1.29 is 37.4 Å². The molecule has 0 bridgehead atoms. The minimum absolute atomic E-state index is 0.0509. The minimum atomic E-state index is -4.40. The van der Waals surface area contributed by atoms with Crippen LogP contribution < -0.4 is 15.3 Å². The summed E-state index contributed by atoms with van der Waals surface area (Å²) in [5.41, 5.74) is 5.54. The van der Waals surface area contributed by atoms with Crippen LogP contribution in [-0.2, 0) is 29.8 Å². The van der Waals surface area contributed by atoms with Crippen molar-refractivity contribution >= 4 is 30.7 Å². The molecule has 1 saturated heterocycles. The molecule has 5 rings (SSSR count). The van der Waals surface area contributed by atoms with E-state index < -0.39 is 50.4 Å². The minimum Gasteiger partial charge on any atom is -0.461 e. The number of aromatic nitrogens is 4. The van der Waals surface area contributed by atoms with E-state index in [9.17, 15) is 18.9 Å². The molecule has 2 aromatic heterocycles. The molecule has 0 radical (unpaired) electrons. The van der Waals surface area contributed by atoms with Crippen LogP contribution in [0.1, 0.15) is 116 Å². The molecule has 3 heterocycles. The summed E-state index contributed by atoms with van der Waals surface area (Å²) < 4.78 is 55.2. The largest absolute Gasteiger partial charge is 0.461 e. The first-order valence-corrected chi connectivity index (χ1v) is 21.6. The summed E-state index contributed by atoms with van der Waals surface area (Å²) in [5.74, 6) is -0.438. The third kappa shape index (κ3) is 12.3. The van der Waals surface area contributed by atoms with Gasteiger partial charge in [-0.25, -0.2) is 9.55 Å². The maximum atomic E-state index is 14.9. The molecular formula is C41H58FN6O7P. The number of fused-ring (bicyclic) bond motifs is 1. The average molecular weight is 797 g/mol. The van der Waals surface area contributed by atoms with Gasteiger partial charge in [0.15, 0.2) is 17.0 Å². The van der Waals surface area contributed by atoms with Gasteiger partial charge in [0.1, 0.15) is 29.7 Å². The fourth-order valence-electron chi connectivity index (χ4n) is 6.91. The summed E-state index contributed by atoms with van der Waals surface area (Å²) >= 11 is 0. The Balaban J connectivity index is 1.36. The van der Waals surface area contributed by atoms with Gasteiger partial charge in [-0.3, -0.25) is 13.9 Å². The fourth-order valence-corrected chi connectivity index (χ4v) is 8.49. The van der Waals surface area contributed by atoms with Crippen molar-refractivity contribution in [3.63, 3.8) is 0 Å². The predicted molar refractivity (Wildman–Crippen MR) is 213 cm³/mol. The summed E-state index contributed by atoms with van der Waals surface area (Å²) in [4.78, 5) is 25.8. The second-order valence-electron chi connectivity index (χ2n) is 14.8. The number of para-hydroxylation sites is 1. The molecule has 306 valence electrons. The van der Waals surface area contributed by atoms with Crippen LogP contribution in [0, 0.1) is 6.08 Å². The van der Waals surface area contributed by atoms with Gasteiger partial charge in [0.2, 0.25) is 0 Å². The normalized spacial score (nSPS) is 20.0. The number of imidazole rings is 1. The molecule has 1 fully saturated rings. The van der Waals surface area contributed by atoms with E-state index in [-0.39, 0.29) is 41.7 Å². The molecule has 2 aromatic carbocycles. The number of nitrogens with one attached hydrogen (secondary N) is 1. The van der Waals surface area contributed by atoms with E-state index in [4.69, 9.17) is 24.3 Å². The number of nitrogen functional groups attached to an aromatic ring is 1. The zero-order valence-corrected chi connectivity index (χ0v) is 33.7. The number of aliphatic hydroxyl groups excluding tert-OH is 1. The molecule has 0 saturated carbocycles. The molecule has 4 aromatic rings. The highest BCUT2D eigenvalue weighted by Gasteiger charge is 2.48. The van der Waals surface area contributed by atoms with E-state index in [2.05, 4.69) is 33.9 Å². The standard InChI is InChI=1S/C41H58FN6O7P/c1-4-6-8-10-16-22-31(23-17-11-9-7-5-2)53-39(50)33(26-30-20-14-12-15-21-30)47-56(51,55-32-24-18-13-19-25-32)52-28-41(3)34(49)27-35(54-41)48-29-44-36-37(43)45-40(42)46-38(36)48/h12-15,18-21,24-25,29,31,33-35,49H,4-11,16-17,22-23,26-28H2,1-3H3,(H,47,51)(H2,43,45,46)/t33-,34-,35+,41+,56+/m0/s1. The summed E-state index contributed by atoms with van der Waals surface area (Å²) in [5, 5.41) is 14.2. The number of esters is 1. The lowest BCUT2D eigenvalue weighted by Crippen LogP contribution is -2.44. The van der Waals surface area contributed by atoms with Gasteiger partial charge in [-0.05, 0) is 56.7 Å². The van der Waals surface area contributed by atoms with Gasteiger partial charge in [0, 0.05) is 6.42 Å².